The van der Waals surface area contributed by atoms with Crippen LogP contribution in [0.3, 0.4) is 0 Å². The highest BCUT2D eigenvalue weighted by molar-refractivity contribution is 5.92. The predicted molar refractivity (Wildman–Crippen MR) is 107 cm³/mol. The van der Waals surface area contributed by atoms with Crippen molar-refractivity contribution in [2.45, 2.75) is 13.5 Å². The lowest BCUT2D eigenvalue weighted by Crippen LogP contribution is -2.29. The number of amides is 1. The van der Waals surface area contributed by atoms with Crippen LogP contribution in [0.25, 0.3) is 11.3 Å². The number of nitro benzene ring substituents is 1. The number of nitro groups is 1. The topological polar surface area (TPSA) is 116 Å². The second-order valence-electron chi connectivity index (χ2n) is 6.00. The number of para-hydroxylation sites is 2. The Morgan fingerprint density at radius 3 is 2.55 bits per heavy atom. The van der Waals surface area contributed by atoms with Crippen molar-refractivity contribution in [2.75, 3.05) is 11.9 Å². The van der Waals surface area contributed by atoms with Crippen LogP contribution in [0.1, 0.15) is 6.92 Å². The SMILES string of the molecule is CCOc1ccccc1NC(=O)Cn1nc(-c2ccc([N+](=O)[O-])cc2)ccc1=O. The Kier molecular flexibility index (Phi) is 5.98. The van der Waals surface area contributed by atoms with Crippen LogP contribution < -0.4 is 15.6 Å². The lowest BCUT2D eigenvalue weighted by atomic mass is 10.1. The van der Waals surface area contributed by atoms with Gasteiger partial charge in [0.1, 0.15) is 12.3 Å². The van der Waals surface area contributed by atoms with E-state index in [1.165, 1.54) is 36.4 Å². The van der Waals surface area contributed by atoms with Crippen molar-refractivity contribution < 1.29 is 14.5 Å². The zero-order chi connectivity index (χ0) is 20.8. The predicted octanol–water partition coefficient (Wildman–Crippen LogP) is 2.86. The summed E-state index contributed by atoms with van der Waals surface area (Å²) < 4.78 is 6.51. The molecule has 0 aliphatic carbocycles. The zero-order valence-corrected chi connectivity index (χ0v) is 15.6. The van der Waals surface area contributed by atoms with E-state index in [-0.39, 0.29) is 12.2 Å². The highest BCUT2D eigenvalue weighted by atomic mass is 16.6. The van der Waals surface area contributed by atoms with Gasteiger partial charge in [0.05, 0.1) is 22.9 Å². The Balaban J connectivity index is 1.79. The molecule has 148 valence electrons. The van der Waals surface area contributed by atoms with Crippen LogP contribution in [0.4, 0.5) is 11.4 Å². The summed E-state index contributed by atoms with van der Waals surface area (Å²) in [6.07, 6.45) is 0. The third-order valence-electron chi connectivity index (χ3n) is 3.99. The lowest BCUT2D eigenvalue weighted by molar-refractivity contribution is -0.384. The van der Waals surface area contributed by atoms with Gasteiger partial charge in [0, 0.05) is 23.8 Å². The Hall–Kier alpha value is -4.01. The van der Waals surface area contributed by atoms with Crippen LogP contribution in [0.2, 0.25) is 0 Å². The minimum Gasteiger partial charge on any atom is -0.492 e. The van der Waals surface area contributed by atoms with Gasteiger partial charge in [0.15, 0.2) is 0 Å². The number of nitrogens with one attached hydrogen (secondary N) is 1. The number of benzene rings is 2. The molecule has 0 bridgehead atoms. The molecule has 1 N–H and O–H groups in total. The summed E-state index contributed by atoms with van der Waals surface area (Å²) >= 11 is 0. The molecule has 0 spiro atoms. The van der Waals surface area contributed by atoms with E-state index in [2.05, 4.69) is 10.4 Å². The van der Waals surface area contributed by atoms with Crippen molar-refractivity contribution in [3.63, 3.8) is 0 Å². The van der Waals surface area contributed by atoms with Crippen molar-refractivity contribution in [3.05, 3.63) is 81.1 Å². The van der Waals surface area contributed by atoms with Crippen LogP contribution in [0.5, 0.6) is 5.75 Å². The third-order valence-corrected chi connectivity index (χ3v) is 3.99. The molecule has 1 amide bonds. The van der Waals surface area contributed by atoms with Crippen LogP contribution in [0.15, 0.2) is 65.5 Å². The maximum Gasteiger partial charge on any atom is 0.269 e. The fourth-order valence-electron chi connectivity index (χ4n) is 2.65. The van der Waals surface area contributed by atoms with Gasteiger partial charge in [-0.1, -0.05) is 12.1 Å². The molecule has 0 fully saturated rings. The maximum atomic E-state index is 12.4. The van der Waals surface area contributed by atoms with E-state index in [0.717, 1.165) is 4.68 Å². The Morgan fingerprint density at radius 2 is 1.86 bits per heavy atom. The van der Waals surface area contributed by atoms with E-state index in [0.29, 0.717) is 29.3 Å². The fraction of sp³-hybridized carbons (Fsp3) is 0.150. The number of aromatic nitrogens is 2. The van der Waals surface area contributed by atoms with Crippen molar-refractivity contribution in [1.29, 1.82) is 0 Å². The number of carbonyl (C=O) groups is 1. The number of nitrogens with zero attached hydrogens (tertiary/aromatic N) is 3. The molecule has 9 heteroatoms. The summed E-state index contributed by atoms with van der Waals surface area (Å²) in [5, 5.41) is 17.7. The molecule has 29 heavy (non-hydrogen) atoms. The average molecular weight is 394 g/mol. The number of non-ortho nitro benzene ring substituents is 1. The highest BCUT2D eigenvalue weighted by Crippen LogP contribution is 2.23. The van der Waals surface area contributed by atoms with Gasteiger partial charge in [0.2, 0.25) is 5.91 Å². The van der Waals surface area contributed by atoms with Crippen molar-refractivity contribution in [3.8, 4) is 17.0 Å². The van der Waals surface area contributed by atoms with Gasteiger partial charge < -0.3 is 10.1 Å². The molecule has 0 saturated heterocycles. The van der Waals surface area contributed by atoms with Crippen LogP contribution in [0, 0.1) is 10.1 Å². The Bertz CT molecular complexity index is 1090. The second-order valence-corrected chi connectivity index (χ2v) is 6.00. The van der Waals surface area contributed by atoms with Crippen LogP contribution in [-0.4, -0.2) is 27.2 Å². The number of rotatable bonds is 7. The van der Waals surface area contributed by atoms with Gasteiger partial charge in [-0.05, 0) is 37.3 Å². The number of hydrogen-bond donors (Lipinski definition) is 1. The van der Waals surface area contributed by atoms with Gasteiger partial charge >= 0.3 is 0 Å². The first-order valence-corrected chi connectivity index (χ1v) is 8.82. The number of carbonyl (C=O) groups excluding carboxylic acids is 1. The molecule has 3 aromatic rings. The molecule has 0 atom stereocenters. The van der Waals surface area contributed by atoms with E-state index in [4.69, 9.17) is 4.74 Å². The second kappa shape index (κ2) is 8.79. The zero-order valence-electron chi connectivity index (χ0n) is 15.6. The molecule has 0 aliphatic rings. The maximum absolute atomic E-state index is 12.4. The molecule has 0 unspecified atom stereocenters. The van der Waals surface area contributed by atoms with Gasteiger partial charge in [-0.25, -0.2) is 4.68 Å². The van der Waals surface area contributed by atoms with E-state index in [9.17, 15) is 19.7 Å². The molecular formula is C20H18N4O5. The van der Waals surface area contributed by atoms with Crippen LogP contribution in [-0.2, 0) is 11.3 Å². The normalized spacial score (nSPS) is 10.4. The molecule has 9 nitrogen and oxygen atoms in total. The van der Waals surface area contributed by atoms with Gasteiger partial charge in [-0.15, -0.1) is 0 Å². The quantitative estimate of drug-likeness (QED) is 0.486. The average Bonchev–Trinajstić information content (AvgIpc) is 2.71. The van der Waals surface area contributed by atoms with Crippen molar-refractivity contribution in [2.24, 2.45) is 0 Å². The van der Waals surface area contributed by atoms with E-state index >= 15 is 0 Å². The summed E-state index contributed by atoms with van der Waals surface area (Å²) in [7, 11) is 0. The highest BCUT2D eigenvalue weighted by Gasteiger charge is 2.12. The van der Waals surface area contributed by atoms with Crippen molar-refractivity contribution in [1.82, 2.24) is 9.78 Å². The monoisotopic (exact) mass is 394 g/mol. The van der Waals surface area contributed by atoms with Gasteiger partial charge in [-0.3, -0.25) is 19.7 Å². The molecule has 0 aliphatic heterocycles. The summed E-state index contributed by atoms with van der Waals surface area (Å²) in [6, 6.07) is 15.6. The van der Waals surface area contributed by atoms with E-state index < -0.39 is 16.4 Å². The standard InChI is InChI=1S/C20H18N4O5/c1-2-29-18-6-4-3-5-17(18)21-19(25)13-23-20(26)12-11-16(22-23)14-7-9-15(10-8-14)24(27)28/h3-12H,2,13H2,1H3,(H,21,25). The van der Waals surface area contributed by atoms with E-state index in [1.54, 1.807) is 24.3 Å². The Morgan fingerprint density at radius 1 is 1.14 bits per heavy atom. The summed E-state index contributed by atoms with van der Waals surface area (Å²) in [5.41, 5.74) is 1.02. The first-order chi connectivity index (χ1) is 14.0. The third kappa shape index (κ3) is 4.83. The minimum absolute atomic E-state index is 0.0468. The summed E-state index contributed by atoms with van der Waals surface area (Å²) in [4.78, 5) is 34.8. The first-order valence-electron chi connectivity index (χ1n) is 8.82. The van der Waals surface area contributed by atoms with Crippen LogP contribution >= 0.6 is 0 Å². The number of anilines is 1. The largest absolute Gasteiger partial charge is 0.492 e. The van der Waals surface area contributed by atoms with E-state index in [1.807, 2.05) is 6.92 Å². The molecule has 1 heterocycles. The number of ether oxygens (including phenoxy) is 1. The molecule has 3 rings (SSSR count). The van der Waals surface area contributed by atoms with Crippen molar-refractivity contribution >= 4 is 17.3 Å². The van der Waals surface area contributed by atoms with Gasteiger partial charge in [-0.2, -0.15) is 5.10 Å². The number of hydrogen-bond acceptors (Lipinski definition) is 6. The summed E-state index contributed by atoms with van der Waals surface area (Å²) in [5.74, 6) is 0.0934. The molecule has 0 saturated carbocycles. The fourth-order valence-corrected chi connectivity index (χ4v) is 2.65. The molecule has 1 aromatic heterocycles. The summed E-state index contributed by atoms with van der Waals surface area (Å²) in [6.45, 7) is 2.00. The molecular weight excluding hydrogens is 376 g/mol. The molecule has 2 aromatic carbocycles. The first kappa shape index (κ1) is 19.7. The molecule has 0 radical (unpaired) electrons. The Labute approximate surface area is 165 Å². The minimum atomic E-state index is -0.497. The lowest BCUT2D eigenvalue weighted by Gasteiger charge is -2.12. The smallest absolute Gasteiger partial charge is 0.269 e. The van der Waals surface area contributed by atoms with Gasteiger partial charge in [0.25, 0.3) is 11.2 Å².